The zero-order valence-corrected chi connectivity index (χ0v) is 30.1. The number of hydrogen-bond acceptors (Lipinski definition) is 12. The van der Waals surface area contributed by atoms with Crippen LogP contribution in [0.25, 0.3) is 0 Å². The number of thioether (sulfide) groups is 1. The number of hydrogen-bond donors (Lipinski definition) is 4. The number of carbonyl (C=O) groups excluding carboxylic acids is 2. The molecule has 274 valence electrons. The van der Waals surface area contributed by atoms with E-state index in [2.05, 4.69) is 15.8 Å². The Labute approximate surface area is 316 Å². The molecule has 2 aliphatic rings. The van der Waals surface area contributed by atoms with Gasteiger partial charge in [0, 0.05) is 23.3 Å². The minimum Gasteiger partial charge on any atom is -0.478 e. The SMILES string of the molecule is CON=C(C(=O)NC1C(=O)N2C1CSC(c1ccc([N+](=O)[O-])cc1)C2(O)C(=O)O)c1csc(NC(c2ccccc2)(c2ccccc2)c2ccccc2)n1. The van der Waals surface area contributed by atoms with Gasteiger partial charge >= 0.3 is 5.97 Å². The Bertz CT molecular complexity index is 2130. The van der Waals surface area contributed by atoms with Crippen LogP contribution in [0.3, 0.4) is 0 Å². The van der Waals surface area contributed by atoms with E-state index in [-0.39, 0.29) is 28.4 Å². The zero-order chi connectivity index (χ0) is 38.0. The summed E-state index contributed by atoms with van der Waals surface area (Å²) in [5.74, 6) is -3.15. The van der Waals surface area contributed by atoms with E-state index in [1.165, 1.54) is 42.7 Å². The van der Waals surface area contributed by atoms with Crippen molar-refractivity contribution in [1.82, 2.24) is 15.2 Å². The van der Waals surface area contributed by atoms with Gasteiger partial charge in [0.15, 0.2) is 10.8 Å². The Morgan fingerprint density at radius 2 is 1.52 bits per heavy atom. The monoisotopic (exact) mass is 764 g/mol. The second-order valence-corrected chi connectivity index (χ2v) is 14.4. The molecular weight excluding hydrogens is 733 g/mol. The van der Waals surface area contributed by atoms with Gasteiger partial charge in [0.25, 0.3) is 17.3 Å². The fraction of sp³-hybridized carbons (Fsp3) is 0.184. The first kappa shape index (κ1) is 36.3. The number of thiazole rings is 1. The number of carboxylic acids is 1. The number of aliphatic hydroxyl groups is 1. The van der Waals surface area contributed by atoms with Gasteiger partial charge in [-0.3, -0.25) is 24.6 Å². The van der Waals surface area contributed by atoms with Crippen molar-refractivity contribution < 1.29 is 34.4 Å². The summed E-state index contributed by atoms with van der Waals surface area (Å²) in [7, 11) is 1.27. The number of oxime groups is 1. The maximum atomic E-state index is 13.8. The maximum absolute atomic E-state index is 13.8. The van der Waals surface area contributed by atoms with Gasteiger partial charge in [0.05, 0.1) is 16.2 Å². The molecule has 0 aliphatic carbocycles. The minimum atomic E-state index is -2.69. The fourth-order valence-electron chi connectivity index (χ4n) is 6.93. The molecule has 4 unspecified atom stereocenters. The Kier molecular flexibility index (Phi) is 9.89. The van der Waals surface area contributed by atoms with E-state index in [4.69, 9.17) is 9.82 Å². The lowest BCUT2D eigenvalue weighted by Gasteiger charge is -2.58. The van der Waals surface area contributed by atoms with Crippen molar-refractivity contribution in [2.45, 2.75) is 28.6 Å². The third kappa shape index (κ3) is 6.23. The molecule has 0 spiro atoms. The number of anilines is 1. The third-order valence-corrected chi connectivity index (χ3v) is 11.7. The second kappa shape index (κ2) is 14.7. The summed E-state index contributed by atoms with van der Waals surface area (Å²) in [5.41, 5.74) is -0.747. The summed E-state index contributed by atoms with van der Waals surface area (Å²) < 4.78 is 0. The van der Waals surface area contributed by atoms with Crippen molar-refractivity contribution in [2.75, 3.05) is 18.2 Å². The summed E-state index contributed by atoms with van der Waals surface area (Å²) in [6.07, 6.45) is 0. The largest absolute Gasteiger partial charge is 0.478 e. The first-order valence-corrected chi connectivity index (χ1v) is 18.5. The molecule has 0 bridgehead atoms. The molecule has 0 radical (unpaired) electrons. The molecule has 3 heterocycles. The first-order valence-electron chi connectivity index (χ1n) is 16.6. The van der Waals surface area contributed by atoms with Gasteiger partial charge < -0.3 is 25.7 Å². The number of nitro groups is 1. The predicted molar refractivity (Wildman–Crippen MR) is 202 cm³/mol. The van der Waals surface area contributed by atoms with Crippen molar-refractivity contribution >= 4 is 57.4 Å². The molecule has 1 aromatic heterocycles. The third-order valence-electron chi connectivity index (χ3n) is 9.45. The molecule has 7 rings (SSSR count). The van der Waals surface area contributed by atoms with Gasteiger partial charge in [-0.2, -0.15) is 0 Å². The van der Waals surface area contributed by atoms with Gasteiger partial charge in [-0.1, -0.05) is 108 Å². The lowest BCUT2D eigenvalue weighted by atomic mass is 9.77. The van der Waals surface area contributed by atoms with Gasteiger partial charge in [0.1, 0.15) is 24.4 Å². The number of nitro benzene ring substituents is 1. The average Bonchev–Trinajstić information content (AvgIpc) is 3.66. The molecule has 2 aliphatic heterocycles. The summed E-state index contributed by atoms with van der Waals surface area (Å²) in [6.45, 7) is 0. The number of carboxylic acid groups (broad SMARTS) is 1. The molecule has 4 atom stereocenters. The number of rotatable bonds is 12. The molecule has 4 N–H and O–H groups in total. The second-order valence-electron chi connectivity index (χ2n) is 12.5. The number of non-ortho nitro benzene ring substituents is 1. The molecule has 2 amide bonds. The molecule has 2 saturated heterocycles. The molecule has 14 nitrogen and oxygen atoms in total. The number of carbonyl (C=O) groups is 3. The maximum Gasteiger partial charge on any atom is 0.359 e. The van der Waals surface area contributed by atoms with E-state index in [1.54, 1.807) is 5.38 Å². The number of β-lactam (4-membered cyclic amide) rings is 1. The van der Waals surface area contributed by atoms with Crippen LogP contribution in [0.2, 0.25) is 0 Å². The van der Waals surface area contributed by atoms with Crippen LogP contribution < -0.4 is 10.6 Å². The van der Waals surface area contributed by atoms with Crippen molar-refractivity contribution in [1.29, 1.82) is 0 Å². The van der Waals surface area contributed by atoms with Gasteiger partial charge in [-0.05, 0) is 22.3 Å². The van der Waals surface area contributed by atoms with Crippen LogP contribution in [0.15, 0.2) is 126 Å². The van der Waals surface area contributed by atoms with Crippen molar-refractivity contribution in [3.8, 4) is 0 Å². The zero-order valence-electron chi connectivity index (χ0n) is 28.4. The molecule has 16 heteroatoms. The fourth-order valence-corrected chi connectivity index (χ4v) is 9.21. The summed E-state index contributed by atoms with van der Waals surface area (Å²) >= 11 is 2.30. The number of aromatic nitrogens is 1. The molecule has 0 saturated carbocycles. The number of aliphatic carboxylic acids is 1. The lowest BCUT2D eigenvalue weighted by Crippen LogP contribution is -2.81. The first-order chi connectivity index (χ1) is 26.1. The van der Waals surface area contributed by atoms with E-state index in [0.29, 0.717) is 5.13 Å². The van der Waals surface area contributed by atoms with Crippen molar-refractivity contribution in [3.63, 3.8) is 0 Å². The molecule has 54 heavy (non-hydrogen) atoms. The van der Waals surface area contributed by atoms with E-state index in [0.717, 1.165) is 33.4 Å². The molecule has 2 fully saturated rings. The van der Waals surface area contributed by atoms with Crippen molar-refractivity contribution in [3.05, 3.63) is 159 Å². The Morgan fingerprint density at radius 1 is 0.963 bits per heavy atom. The van der Waals surface area contributed by atoms with Gasteiger partial charge in [-0.25, -0.2) is 9.78 Å². The predicted octanol–water partition coefficient (Wildman–Crippen LogP) is 4.76. The van der Waals surface area contributed by atoms with E-state index in [9.17, 15) is 34.7 Å². The van der Waals surface area contributed by atoms with Crippen LogP contribution in [0.1, 0.15) is 33.2 Å². The summed E-state index contributed by atoms with van der Waals surface area (Å²) in [4.78, 5) is 61.1. The van der Waals surface area contributed by atoms with E-state index >= 15 is 0 Å². The number of fused-ring (bicyclic) bond motifs is 1. The highest BCUT2D eigenvalue weighted by Crippen LogP contribution is 2.50. The number of benzene rings is 4. The lowest BCUT2D eigenvalue weighted by molar-refractivity contribution is -0.384. The number of amides is 2. The number of nitrogens with zero attached hydrogens (tertiary/aromatic N) is 4. The smallest absolute Gasteiger partial charge is 0.359 e. The van der Waals surface area contributed by atoms with Crippen LogP contribution >= 0.6 is 23.1 Å². The Hall–Kier alpha value is -6.10. The summed E-state index contributed by atoms with van der Waals surface area (Å²) in [5, 5.41) is 44.0. The van der Waals surface area contributed by atoms with Crippen LogP contribution in [0.5, 0.6) is 0 Å². The quantitative estimate of drug-likeness (QED) is 0.0450. The molecule has 5 aromatic rings. The topological polar surface area (TPSA) is 197 Å². The van der Waals surface area contributed by atoms with Crippen LogP contribution in [0, 0.1) is 10.1 Å². The van der Waals surface area contributed by atoms with E-state index < -0.39 is 51.3 Å². The van der Waals surface area contributed by atoms with Gasteiger partial charge in [-0.15, -0.1) is 23.1 Å². The Morgan fingerprint density at radius 3 is 2.02 bits per heavy atom. The van der Waals surface area contributed by atoms with Crippen molar-refractivity contribution in [2.24, 2.45) is 5.16 Å². The Balaban J connectivity index is 1.15. The highest BCUT2D eigenvalue weighted by Gasteiger charge is 2.66. The normalized spacial score (nSPS) is 21.0. The standard InChI is InChI=1S/C38H32N6O8S2/c1-52-42-30(33(45)40-31-29-22-53-32(23-17-19-27(20-18-23)44(50)51)38(49,35(47)48)43(29)34(31)46)28-21-54-36(39-28)41-37(24-11-5-2-6-12-24,25-13-7-3-8-14-25)26-15-9-4-10-16-26/h2-21,29,31-32,49H,22H2,1H3,(H,39,41)(H,40,45)(H,47,48). The highest BCUT2D eigenvalue weighted by atomic mass is 32.2. The van der Waals surface area contributed by atoms with Gasteiger partial charge in [0.2, 0.25) is 5.91 Å². The summed E-state index contributed by atoms with van der Waals surface area (Å²) in [6, 6.07) is 32.7. The van der Waals surface area contributed by atoms with Crippen LogP contribution in [-0.2, 0) is 24.8 Å². The minimum absolute atomic E-state index is 0.149. The van der Waals surface area contributed by atoms with Crippen LogP contribution in [0.4, 0.5) is 10.8 Å². The van der Waals surface area contributed by atoms with E-state index in [1.807, 2.05) is 91.0 Å². The molecular formula is C38H32N6O8S2. The van der Waals surface area contributed by atoms with Crippen LogP contribution in [-0.4, -0.2) is 79.2 Å². The number of nitrogens with one attached hydrogen (secondary N) is 2. The highest BCUT2D eigenvalue weighted by molar-refractivity contribution is 7.99. The molecule has 4 aromatic carbocycles. The average molecular weight is 765 g/mol.